The molecule has 1 aromatic carbocycles. The van der Waals surface area contributed by atoms with E-state index in [1.165, 1.54) is 12.1 Å². The van der Waals surface area contributed by atoms with E-state index in [-0.39, 0.29) is 30.2 Å². The summed E-state index contributed by atoms with van der Waals surface area (Å²) in [5.41, 5.74) is 0.361. The van der Waals surface area contributed by atoms with Crippen molar-refractivity contribution in [2.45, 2.75) is 32.8 Å². The largest absolute Gasteiger partial charge is 0.368 e. The zero-order chi connectivity index (χ0) is 12.2. The maximum absolute atomic E-state index is 12.9. The van der Waals surface area contributed by atoms with Gasteiger partial charge in [0.25, 0.3) is 0 Å². The van der Waals surface area contributed by atoms with E-state index in [1.54, 1.807) is 12.1 Å². The molecule has 88 valence electrons. The first-order valence-corrected chi connectivity index (χ1v) is 5.27. The molecule has 0 spiro atoms. The van der Waals surface area contributed by atoms with Crippen LogP contribution in [-0.2, 0) is 16.0 Å². The van der Waals surface area contributed by atoms with E-state index in [0.717, 1.165) is 0 Å². The molecule has 0 saturated carbocycles. The average molecular weight is 224 g/mol. The molecule has 3 heteroatoms. The number of carbonyl (C=O) groups excluding carboxylic acids is 1. The van der Waals surface area contributed by atoms with E-state index in [9.17, 15) is 9.18 Å². The fraction of sp³-hybridized carbons (Fsp3) is 0.462. The van der Waals surface area contributed by atoms with Crippen LogP contribution < -0.4 is 0 Å². The predicted molar refractivity (Wildman–Crippen MR) is 60.8 cm³/mol. The van der Waals surface area contributed by atoms with Crippen LogP contribution in [0.2, 0.25) is 0 Å². The van der Waals surface area contributed by atoms with Crippen molar-refractivity contribution in [1.29, 1.82) is 0 Å². The van der Waals surface area contributed by atoms with Gasteiger partial charge in [0.2, 0.25) is 0 Å². The Balaban J connectivity index is 2.46. The molecular formula is C13H17FO2. The van der Waals surface area contributed by atoms with Crippen molar-refractivity contribution in [3.05, 3.63) is 35.6 Å². The molecular weight excluding hydrogens is 207 g/mol. The monoisotopic (exact) mass is 224 g/mol. The van der Waals surface area contributed by atoms with Crippen molar-refractivity contribution < 1.29 is 13.9 Å². The number of ketones is 1. The number of halogens is 1. The van der Waals surface area contributed by atoms with Gasteiger partial charge >= 0.3 is 0 Å². The van der Waals surface area contributed by atoms with Crippen LogP contribution in [0.3, 0.4) is 0 Å². The van der Waals surface area contributed by atoms with Gasteiger partial charge in [-0.1, -0.05) is 12.1 Å². The first-order chi connectivity index (χ1) is 7.37. The van der Waals surface area contributed by atoms with E-state index in [0.29, 0.717) is 5.56 Å². The van der Waals surface area contributed by atoms with E-state index in [1.807, 2.05) is 20.8 Å². The summed E-state index contributed by atoms with van der Waals surface area (Å²) in [7, 11) is 0. The summed E-state index contributed by atoms with van der Waals surface area (Å²) in [4.78, 5) is 11.5. The smallest absolute Gasteiger partial charge is 0.162 e. The van der Waals surface area contributed by atoms with Gasteiger partial charge < -0.3 is 4.74 Å². The lowest BCUT2D eigenvalue weighted by atomic mass is 10.1. The average Bonchev–Trinajstić information content (AvgIpc) is 2.14. The number of hydrogen-bond acceptors (Lipinski definition) is 2. The molecule has 1 aromatic rings. The molecule has 1 rings (SSSR count). The highest BCUT2D eigenvalue weighted by Gasteiger charge is 2.13. The summed E-state index contributed by atoms with van der Waals surface area (Å²) in [5, 5.41) is 0. The van der Waals surface area contributed by atoms with Crippen LogP contribution in [0, 0.1) is 5.82 Å². The van der Waals surface area contributed by atoms with Gasteiger partial charge in [-0.25, -0.2) is 4.39 Å². The second kappa shape index (κ2) is 5.21. The molecule has 0 aliphatic carbocycles. The van der Waals surface area contributed by atoms with Gasteiger partial charge in [0.1, 0.15) is 12.4 Å². The quantitative estimate of drug-likeness (QED) is 0.786. The third-order valence-corrected chi connectivity index (χ3v) is 1.96. The van der Waals surface area contributed by atoms with Gasteiger partial charge in [-0.3, -0.25) is 4.79 Å². The van der Waals surface area contributed by atoms with Crippen molar-refractivity contribution in [2.24, 2.45) is 0 Å². The first-order valence-electron chi connectivity index (χ1n) is 5.27. The summed E-state index contributed by atoms with van der Waals surface area (Å²) in [5.74, 6) is -0.359. The van der Waals surface area contributed by atoms with Gasteiger partial charge in [-0.15, -0.1) is 0 Å². The number of Topliss-reactive ketones (excluding diaryl/α,β-unsaturated/α-hetero) is 1. The normalized spacial score (nSPS) is 11.5. The molecule has 0 aliphatic rings. The van der Waals surface area contributed by atoms with Crippen LogP contribution >= 0.6 is 0 Å². The second-order valence-corrected chi connectivity index (χ2v) is 4.75. The minimum atomic E-state index is -0.322. The fourth-order valence-corrected chi connectivity index (χ4v) is 1.22. The highest BCUT2D eigenvalue weighted by molar-refractivity contribution is 5.82. The molecule has 0 aromatic heterocycles. The first kappa shape index (κ1) is 12.8. The Morgan fingerprint density at radius 2 is 2.06 bits per heavy atom. The number of rotatable bonds is 4. The third kappa shape index (κ3) is 5.03. The summed E-state index contributed by atoms with van der Waals surface area (Å²) in [6.07, 6.45) is 0.216. The van der Waals surface area contributed by atoms with E-state index in [2.05, 4.69) is 0 Å². The van der Waals surface area contributed by atoms with E-state index < -0.39 is 0 Å². The van der Waals surface area contributed by atoms with Crippen LogP contribution in [0.5, 0.6) is 0 Å². The standard InChI is InChI=1S/C13H17FO2/c1-13(2,3)16-9-12(15)8-10-5-4-6-11(14)7-10/h4-7H,8-9H2,1-3H3. The summed E-state index contributed by atoms with van der Waals surface area (Å²) < 4.78 is 18.2. The molecule has 0 heterocycles. The Morgan fingerprint density at radius 1 is 1.38 bits per heavy atom. The lowest BCUT2D eigenvalue weighted by Gasteiger charge is -2.18. The van der Waals surface area contributed by atoms with Gasteiger partial charge in [0.05, 0.1) is 5.60 Å². The lowest BCUT2D eigenvalue weighted by Crippen LogP contribution is -2.24. The number of carbonyl (C=O) groups is 1. The Labute approximate surface area is 95.4 Å². The maximum Gasteiger partial charge on any atom is 0.162 e. The van der Waals surface area contributed by atoms with Crippen LogP contribution in [0.15, 0.2) is 24.3 Å². The van der Waals surface area contributed by atoms with Crippen LogP contribution in [0.25, 0.3) is 0 Å². The Hall–Kier alpha value is -1.22. The Morgan fingerprint density at radius 3 is 2.62 bits per heavy atom. The van der Waals surface area contributed by atoms with E-state index in [4.69, 9.17) is 4.74 Å². The van der Waals surface area contributed by atoms with Crippen LogP contribution in [0.4, 0.5) is 4.39 Å². The molecule has 0 radical (unpaired) electrons. The Bertz CT molecular complexity index is 366. The van der Waals surface area contributed by atoms with Crippen molar-refractivity contribution in [3.8, 4) is 0 Å². The number of benzene rings is 1. The fourth-order valence-electron chi connectivity index (χ4n) is 1.22. The molecule has 0 saturated heterocycles. The van der Waals surface area contributed by atoms with E-state index >= 15 is 0 Å². The van der Waals surface area contributed by atoms with Crippen molar-refractivity contribution in [3.63, 3.8) is 0 Å². The maximum atomic E-state index is 12.9. The molecule has 16 heavy (non-hydrogen) atoms. The summed E-state index contributed by atoms with van der Waals surface area (Å²) >= 11 is 0. The van der Waals surface area contributed by atoms with Crippen molar-refractivity contribution in [2.75, 3.05) is 6.61 Å². The molecule has 0 bridgehead atoms. The highest BCUT2D eigenvalue weighted by atomic mass is 19.1. The van der Waals surface area contributed by atoms with Gasteiger partial charge in [-0.2, -0.15) is 0 Å². The summed E-state index contributed by atoms with van der Waals surface area (Å²) in [6, 6.07) is 6.06. The Kier molecular flexibility index (Phi) is 4.19. The topological polar surface area (TPSA) is 26.3 Å². The molecule has 0 aliphatic heterocycles. The highest BCUT2D eigenvalue weighted by Crippen LogP contribution is 2.08. The van der Waals surface area contributed by atoms with Gasteiger partial charge in [0, 0.05) is 6.42 Å². The summed E-state index contributed by atoms with van der Waals surface area (Å²) in [6.45, 7) is 5.74. The van der Waals surface area contributed by atoms with Gasteiger partial charge in [0.15, 0.2) is 5.78 Å². The SMILES string of the molecule is CC(C)(C)OCC(=O)Cc1cccc(F)c1. The number of ether oxygens (including phenoxy) is 1. The lowest BCUT2D eigenvalue weighted by molar-refractivity contribution is -0.127. The molecule has 0 amide bonds. The molecule has 0 fully saturated rings. The third-order valence-electron chi connectivity index (χ3n) is 1.96. The van der Waals surface area contributed by atoms with Crippen LogP contribution in [0.1, 0.15) is 26.3 Å². The number of hydrogen-bond donors (Lipinski definition) is 0. The minimum Gasteiger partial charge on any atom is -0.368 e. The van der Waals surface area contributed by atoms with Crippen LogP contribution in [-0.4, -0.2) is 18.0 Å². The van der Waals surface area contributed by atoms with Crippen molar-refractivity contribution >= 4 is 5.78 Å². The molecule has 0 unspecified atom stereocenters. The zero-order valence-electron chi connectivity index (χ0n) is 9.92. The second-order valence-electron chi connectivity index (χ2n) is 4.75. The van der Waals surface area contributed by atoms with Gasteiger partial charge in [-0.05, 0) is 38.5 Å². The molecule has 0 N–H and O–H groups in total. The zero-order valence-corrected chi connectivity index (χ0v) is 9.92. The van der Waals surface area contributed by atoms with Crippen molar-refractivity contribution in [1.82, 2.24) is 0 Å². The minimum absolute atomic E-state index is 0.0412. The molecule has 2 nitrogen and oxygen atoms in total. The molecule has 0 atom stereocenters. The predicted octanol–water partition coefficient (Wildman–Crippen LogP) is 2.75.